The molecule has 1 N–H and O–H groups in total. The van der Waals surface area contributed by atoms with Gasteiger partial charge in [0.2, 0.25) is 5.79 Å². The molecule has 0 amide bonds. The average molecular weight is 344 g/mol. The van der Waals surface area contributed by atoms with Crippen LogP contribution in [0.3, 0.4) is 0 Å². The van der Waals surface area contributed by atoms with E-state index in [-0.39, 0.29) is 12.2 Å². The highest BCUT2D eigenvalue weighted by atomic mass is 16.8. The summed E-state index contributed by atoms with van der Waals surface area (Å²) >= 11 is 0. The second-order valence-electron chi connectivity index (χ2n) is 7.56. The molecule has 7 heteroatoms. The molecule has 24 heavy (non-hydrogen) atoms. The molecule has 0 aromatic rings. The summed E-state index contributed by atoms with van der Waals surface area (Å²) in [5.41, 5.74) is 0. The van der Waals surface area contributed by atoms with Crippen LogP contribution in [-0.2, 0) is 28.5 Å². The fourth-order valence-electron chi connectivity index (χ4n) is 4.23. The number of hydrogen-bond acceptors (Lipinski definition) is 7. The van der Waals surface area contributed by atoms with E-state index in [1.807, 2.05) is 13.8 Å². The Kier molecular flexibility index (Phi) is 4.68. The van der Waals surface area contributed by atoms with Gasteiger partial charge in [-0.3, -0.25) is 4.79 Å². The summed E-state index contributed by atoms with van der Waals surface area (Å²) in [5, 5.41) is 10.5. The highest BCUT2D eigenvalue weighted by molar-refractivity contribution is 5.73. The molecule has 2 aliphatic heterocycles. The third-order valence-corrected chi connectivity index (χ3v) is 5.06. The van der Waals surface area contributed by atoms with Crippen molar-refractivity contribution in [1.82, 2.24) is 0 Å². The Labute approximate surface area is 142 Å². The molecule has 1 spiro atoms. The van der Waals surface area contributed by atoms with Crippen LogP contribution >= 0.6 is 0 Å². The smallest absolute Gasteiger partial charge is 0.314 e. The molecular formula is C17H28O7. The van der Waals surface area contributed by atoms with Crippen molar-refractivity contribution in [3.8, 4) is 0 Å². The normalized spacial score (nSPS) is 47.9. The largest absolute Gasteiger partial charge is 0.469 e. The maximum Gasteiger partial charge on any atom is 0.314 e. The van der Waals surface area contributed by atoms with Crippen molar-refractivity contribution in [3.63, 3.8) is 0 Å². The summed E-state index contributed by atoms with van der Waals surface area (Å²) in [6.07, 6.45) is -0.812. The van der Waals surface area contributed by atoms with Gasteiger partial charge in [-0.25, -0.2) is 0 Å². The van der Waals surface area contributed by atoms with Gasteiger partial charge in [0.1, 0.15) is 18.1 Å². The van der Waals surface area contributed by atoms with Gasteiger partial charge in [0.25, 0.3) is 0 Å². The van der Waals surface area contributed by atoms with Crippen molar-refractivity contribution in [2.45, 2.75) is 89.1 Å². The summed E-state index contributed by atoms with van der Waals surface area (Å²) in [7, 11) is 1.35. The summed E-state index contributed by atoms with van der Waals surface area (Å²) in [6.45, 7) is 7.47. The van der Waals surface area contributed by atoms with Gasteiger partial charge >= 0.3 is 5.97 Å². The highest BCUT2D eigenvalue weighted by Gasteiger charge is 2.65. The Morgan fingerprint density at radius 1 is 1.08 bits per heavy atom. The lowest BCUT2D eigenvalue weighted by Gasteiger charge is -2.48. The number of carbonyl (C=O) groups is 1. The fourth-order valence-corrected chi connectivity index (χ4v) is 4.23. The maximum absolute atomic E-state index is 12.5. The number of methoxy groups -OCH3 is 1. The standard InChI is InChI=1S/C17H28O7/c1-9-8-10(2)22-17(21-9)11(15(19)20-5)6-7-12(18)13-14(17)24-16(3,4)23-13/h9-14,18H,6-8H2,1-5H3/t9-,10+,11-,12-,13+,14+,17?/m1/s1. The van der Waals surface area contributed by atoms with Gasteiger partial charge < -0.3 is 28.8 Å². The molecule has 3 aliphatic rings. The van der Waals surface area contributed by atoms with Crippen molar-refractivity contribution in [2.24, 2.45) is 5.92 Å². The van der Waals surface area contributed by atoms with E-state index in [4.69, 9.17) is 23.7 Å². The van der Waals surface area contributed by atoms with Crippen molar-refractivity contribution in [1.29, 1.82) is 0 Å². The van der Waals surface area contributed by atoms with E-state index in [2.05, 4.69) is 0 Å². The van der Waals surface area contributed by atoms with E-state index in [1.165, 1.54) is 7.11 Å². The van der Waals surface area contributed by atoms with Crippen LogP contribution in [0, 0.1) is 5.92 Å². The van der Waals surface area contributed by atoms with E-state index in [9.17, 15) is 9.90 Å². The molecule has 0 bridgehead atoms. The van der Waals surface area contributed by atoms with Gasteiger partial charge in [-0.1, -0.05) is 0 Å². The Hall–Kier alpha value is -0.730. The van der Waals surface area contributed by atoms with Gasteiger partial charge in [0.15, 0.2) is 5.79 Å². The van der Waals surface area contributed by atoms with Gasteiger partial charge in [-0.2, -0.15) is 0 Å². The molecule has 1 aliphatic carbocycles. The lowest BCUT2D eigenvalue weighted by molar-refractivity contribution is -0.369. The van der Waals surface area contributed by atoms with E-state index in [0.717, 1.165) is 6.42 Å². The van der Waals surface area contributed by atoms with Gasteiger partial charge in [-0.05, 0) is 47.0 Å². The van der Waals surface area contributed by atoms with Gasteiger partial charge in [0.05, 0.1) is 25.4 Å². The van der Waals surface area contributed by atoms with Crippen LogP contribution < -0.4 is 0 Å². The van der Waals surface area contributed by atoms with Crippen LogP contribution in [0.2, 0.25) is 0 Å². The minimum Gasteiger partial charge on any atom is -0.469 e. The third-order valence-electron chi connectivity index (χ3n) is 5.06. The number of hydrogen-bond donors (Lipinski definition) is 1. The van der Waals surface area contributed by atoms with Gasteiger partial charge in [-0.15, -0.1) is 0 Å². The molecule has 7 atom stereocenters. The molecule has 138 valence electrons. The van der Waals surface area contributed by atoms with Gasteiger partial charge in [0, 0.05) is 0 Å². The first-order valence-electron chi connectivity index (χ1n) is 8.65. The van der Waals surface area contributed by atoms with Crippen molar-refractivity contribution in [3.05, 3.63) is 0 Å². The number of fused-ring (bicyclic) bond motifs is 2. The quantitative estimate of drug-likeness (QED) is 0.719. The number of aliphatic hydroxyl groups is 1. The van der Waals surface area contributed by atoms with Crippen molar-refractivity contribution < 1.29 is 33.6 Å². The predicted molar refractivity (Wildman–Crippen MR) is 83.0 cm³/mol. The number of rotatable bonds is 1. The number of aliphatic hydroxyl groups excluding tert-OH is 1. The van der Waals surface area contributed by atoms with Crippen molar-refractivity contribution >= 4 is 5.97 Å². The zero-order valence-corrected chi connectivity index (χ0v) is 15.0. The molecule has 1 unspecified atom stereocenters. The SMILES string of the molecule is COC(=O)[C@H]1CC[C@@H](O)[C@@H]2OC(C)(C)O[C@@H]2C12O[C@H](C)C[C@H](C)O2. The fraction of sp³-hybridized carbons (Fsp3) is 0.941. The molecule has 1 saturated carbocycles. The summed E-state index contributed by atoms with van der Waals surface area (Å²) in [4.78, 5) is 12.5. The van der Waals surface area contributed by atoms with E-state index >= 15 is 0 Å². The summed E-state index contributed by atoms with van der Waals surface area (Å²) < 4.78 is 29.4. The third kappa shape index (κ3) is 2.97. The molecular weight excluding hydrogens is 316 g/mol. The minimum absolute atomic E-state index is 0.107. The highest BCUT2D eigenvalue weighted by Crippen LogP contribution is 2.49. The Balaban J connectivity index is 2.06. The predicted octanol–water partition coefficient (Wildman–Crippen LogP) is 1.36. The average Bonchev–Trinajstić information content (AvgIpc) is 2.78. The molecule has 3 fully saturated rings. The van der Waals surface area contributed by atoms with Crippen LogP contribution in [0.5, 0.6) is 0 Å². The topological polar surface area (TPSA) is 83.5 Å². The van der Waals surface area contributed by atoms with E-state index in [0.29, 0.717) is 12.8 Å². The summed E-state index contributed by atoms with van der Waals surface area (Å²) in [6, 6.07) is 0. The Morgan fingerprint density at radius 2 is 1.71 bits per heavy atom. The van der Waals surface area contributed by atoms with Crippen molar-refractivity contribution in [2.75, 3.05) is 7.11 Å². The monoisotopic (exact) mass is 344 g/mol. The first-order valence-corrected chi connectivity index (χ1v) is 8.65. The maximum atomic E-state index is 12.5. The zero-order valence-electron chi connectivity index (χ0n) is 15.0. The lowest BCUT2D eigenvalue weighted by atomic mass is 9.88. The molecule has 2 saturated heterocycles. The first-order chi connectivity index (χ1) is 11.2. The molecule has 3 rings (SSSR count). The molecule has 7 nitrogen and oxygen atoms in total. The molecule has 0 radical (unpaired) electrons. The van der Waals surface area contributed by atoms with Crippen LogP contribution in [0.1, 0.15) is 47.0 Å². The number of esters is 1. The lowest BCUT2D eigenvalue weighted by Crippen LogP contribution is -2.63. The van der Waals surface area contributed by atoms with Crippen LogP contribution in [-0.4, -0.2) is 60.3 Å². The summed E-state index contributed by atoms with van der Waals surface area (Å²) in [5.74, 6) is -3.31. The Morgan fingerprint density at radius 3 is 2.29 bits per heavy atom. The van der Waals surface area contributed by atoms with Crippen LogP contribution in [0.15, 0.2) is 0 Å². The van der Waals surface area contributed by atoms with E-state index < -0.39 is 41.8 Å². The second-order valence-corrected chi connectivity index (χ2v) is 7.56. The number of ether oxygens (including phenoxy) is 5. The molecule has 2 heterocycles. The molecule has 0 aromatic heterocycles. The van der Waals surface area contributed by atoms with Crippen LogP contribution in [0.4, 0.5) is 0 Å². The zero-order chi connectivity index (χ0) is 17.7. The Bertz CT molecular complexity index is 481. The van der Waals surface area contributed by atoms with Crippen LogP contribution in [0.25, 0.3) is 0 Å². The van der Waals surface area contributed by atoms with E-state index in [1.54, 1.807) is 13.8 Å². The minimum atomic E-state index is -1.32. The first kappa shape index (κ1) is 18.1. The molecule has 0 aromatic carbocycles. The number of carbonyl (C=O) groups excluding carboxylic acids is 1. The second kappa shape index (κ2) is 6.21.